The quantitative estimate of drug-likeness (QED) is 0.317. The van der Waals surface area contributed by atoms with E-state index in [1.54, 1.807) is 0 Å². The molecule has 0 radical (unpaired) electrons. The molecule has 0 bridgehead atoms. The van der Waals surface area contributed by atoms with Gasteiger partial charge >= 0.3 is 23.1 Å². The molecule has 0 aromatic heterocycles. The first-order valence-electron chi connectivity index (χ1n) is 1.20. The Morgan fingerprint density at radius 1 is 1.14 bits per heavy atom. The molecule has 0 amide bonds. The Hall–Kier alpha value is 1.02. The second-order valence-electron chi connectivity index (χ2n) is 0.908. The molecule has 4 heteroatoms. The number of rotatable bonds is 0. The van der Waals surface area contributed by atoms with E-state index in [9.17, 15) is 4.79 Å². The third-order valence-corrected chi connectivity index (χ3v) is 0. The minimum absolute atomic E-state index is 0. The molecule has 0 spiro atoms. The molecule has 0 saturated carbocycles. The fourth-order valence-corrected chi connectivity index (χ4v) is 0. The van der Waals surface area contributed by atoms with E-state index in [4.69, 9.17) is 0 Å². The van der Waals surface area contributed by atoms with Crippen LogP contribution in [-0.4, -0.2) is 28.8 Å². The molecular formula is C3H6Cl2MgO. The van der Waals surface area contributed by atoms with E-state index in [0.29, 0.717) is 0 Å². The third-order valence-electron chi connectivity index (χ3n) is 0. The van der Waals surface area contributed by atoms with Crippen molar-refractivity contribution in [2.75, 3.05) is 0 Å². The molecule has 0 aliphatic rings. The monoisotopic (exact) mass is 152 g/mol. The average molecular weight is 153 g/mol. The maximum absolute atomic E-state index is 9.44. The van der Waals surface area contributed by atoms with Gasteiger partial charge in [-0.1, -0.05) is 0 Å². The second kappa shape index (κ2) is 15.7. The normalized spacial score (nSPS) is 3.71. The van der Waals surface area contributed by atoms with Crippen LogP contribution in [0.3, 0.4) is 0 Å². The zero-order chi connectivity index (χ0) is 3.58. The molecule has 0 saturated heterocycles. The van der Waals surface area contributed by atoms with Crippen molar-refractivity contribution in [3.05, 3.63) is 0 Å². The van der Waals surface area contributed by atoms with Crippen LogP contribution < -0.4 is 24.8 Å². The Kier molecular flexibility index (Phi) is 55.0. The van der Waals surface area contributed by atoms with Gasteiger partial charge in [0.1, 0.15) is 5.78 Å². The predicted molar refractivity (Wildman–Crippen MR) is 22.1 cm³/mol. The Morgan fingerprint density at radius 2 is 1.14 bits per heavy atom. The fraction of sp³-hybridized carbons (Fsp3) is 0.667. The van der Waals surface area contributed by atoms with Gasteiger partial charge in [0.2, 0.25) is 0 Å². The van der Waals surface area contributed by atoms with Gasteiger partial charge in [0.25, 0.3) is 0 Å². The molecule has 0 aliphatic heterocycles. The number of Topliss-reactive ketones (excluding diaryl/α,β-unsaturated/α-hetero) is 1. The van der Waals surface area contributed by atoms with Gasteiger partial charge in [-0.05, 0) is 13.8 Å². The Labute approximate surface area is 72.2 Å². The van der Waals surface area contributed by atoms with Gasteiger partial charge in [-0.15, -0.1) is 0 Å². The number of hydrogen-bond donors (Lipinski definition) is 0. The van der Waals surface area contributed by atoms with Gasteiger partial charge in [-0.25, -0.2) is 0 Å². The SMILES string of the molecule is CC(C)=O.[Cl-].[Cl-].[Mg+2]. The van der Waals surface area contributed by atoms with Crippen LogP contribution in [0.2, 0.25) is 0 Å². The minimum Gasteiger partial charge on any atom is -1.00 e. The van der Waals surface area contributed by atoms with Gasteiger partial charge in [-0.2, -0.15) is 0 Å². The standard InChI is InChI=1S/C3H6O.2ClH.Mg/c1-3(2)4;;;/h1-2H3;2*1H;/q;;;+2/p-2. The van der Waals surface area contributed by atoms with Crippen molar-refractivity contribution < 1.29 is 29.6 Å². The van der Waals surface area contributed by atoms with Crippen LogP contribution >= 0.6 is 0 Å². The molecule has 0 unspecified atom stereocenters. The van der Waals surface area contributed by atoms with Crippen molar-refractivity contribution in [2.24, 2.45) is 0 Å². The Bertz CT molecular complexity index is 35.9. The van der Waals surface area contributed by atoms with Crippen molar-refractivity contribution in [2.45, 2.75) is 13.8 Å². The minimum atomic E-state index is 0. The van der Waals surface area contributed by atoms with Crippen molar-refractivity contribution in [1.82, 2.24) is 0 Å². The van der Waals surface area contributed by atoms with Crippen LogP contribution in [0.25, 0.3) is 0 Å². The van der Waals surface area contributed by atoms with E-state index in [0.717, 1.165) is 0 Å². The fourth-order valence-electron chi connectivity index (χ4n) is 0. The molecule has 0 N–H and O–H groups in total. The summed E-state index contributed by atoms with van der Waals surface area (Å²) in [5.41, 5.74) is 0. The smallest absolute Gasteiger partial charge is 1.00 e. The zero-order valence-corrected chi connectivity index (χ0v) is 7.30. The van der Waals surface area contributed by atoms with E-state index in [1.165, 1.54) is 13.8 Å². The second-order valence-corrected chi connectivity index (χ2v) is 0.908. The molecule has 7 heavy (non-hydrogen) atoms. The van der Waals surface area contributed by atoms with Crippen LogP contribution in [0.5, 0.6) is 0 Å². The van der Waals surface area contributed by atoms with Crippen molar-refractivity contribution in [3.8, 4) is 0 Å². The first kappa shape index (κ1) is 24.5. The molecule has 0 aromatic carbocycles. The topological polar surface area (TPSA) is 17.1 Å². The van der Waals surface area contributed by atoms with Gasteiger partial charge in [0.15, 0.2) is 0 Å². The largest absolute Gasteiger partial charge is 2.00 e. The first-order valence-corrected chi connectivity index (χ1v) is 1.20. The summed E-state index contributed by atoms with van der Waals surface area (Å²) < 4.78 is 0. The maximum atomic E-state index is 9.44. The van der Waals surface area contributed by atoms with Crippen LogP contribution in [-0.2, 0) is 4.79 Å². The molecular weight excluding hydrogens is 147 g/mol. The summed E-state index contributed by atoms with van der Waals surface area (Å²) in [5.74, 6) is 0.167. The third kappa shape index (κ3) is 171. The molecule has 0 aromatic rings. The number of halogens is 2. The van der Waals surface area contributed by atoms with Gasteiger partial charge in [0.05, 0.1) is 0 Å². The number of carbonyl (C=O) groups is 1. The molecule has 0 rings (SSSR count). The van der Waals surface area contributed by atoms with Crippen LogP contribution in [0.15, 0.2) is 0 Å². The molecule has 0 fully saturated rings. The number of carbonyl (C=O) groups excluding carboxylic acids is 1. The summed E-state index contributed by atoms with van der Waals surface area (Å²) in [4.78, 5) is 9.44. The summed E-state index contributed by atoms with van der Waals surface area (Å²) in [6, 6.07) is 0. The average Bonchev–Trinajstić information content (AvgIpc) is 0.811. The maximum Gasteiger partial charge on any atom is 2.00 e. The van der Waals surface area contributed by atoms with Crippen LogP contribution in [0, 0.1) is 0 Å². The summed E-state index contributed by atoms with van der Waals surface area (Å²) in [6.45, 7) is 3.06. The van der Waals surface area contributed by atoms with Crippen molar-refractivity contribution >= 4 is 28.8 Å². The summed E-state index contributed by atoms with van der Waals surface area (Å²) in [6.07, 6.45) is 0. The summed E-state index contributed by atoms with van der Waals surface area (Å²) in [7, 11) is 0. The number of hydrogen-bond acceptors (Lipinski definition) is 1. The molecule has 40 valence electrons. The van der Waals surface area contributed by atoms with E-state index in [2.05, 4.69) is 0 Å². The Balaban J connectivity index is -0.0000000150. The van der Waals surface area contributed by atoms with Crippen molar-refractivity contribution in [1.29, 1.82) is 0 Å². The van der Waals surface area contributed by atoms with E-state index < -0.39 is 0 Å². The van der Waals surface area contributed by atoms with E-state index in [1.807, 2.05) is 0 Å². The van der Waals surface area contributed by atoms with Gasteiger partial charge < -0.3 is 29.6 Å². The van der Waals surface area contributed by atoms with Crippen LogP contribution in [0.1, 0.15) is 13.8 Å². The van der Waals surface area contributed by atoms with Gasteiger partial charge in [0, 0.05) is 0 Å². The molecule has 1 nitrogen and oxygen atoms in total. The first-order chi connectivity index (χ1) is 1.73. The van der Waals surface area contributed by atoms with E-state index >= 15 is 0 Å². The van der Waals surface area contributed by atoms with Crippen LogP contribution in [0.4, 0.5) is 0 Å². The Morgan fingerprint density at radius 3 is 1.14 bits per heavy atom. The summed E-state index contributed by atoms with van der Waals surface area (Å²) in [5, 5.41) is 0. The van der Waals surface area contributed by atoms with Gasteiger partial charge in [-0.3, -0.25) is 0 Å². The van der Waals surface area contributed by atoms with Crippen molar-refractivity contribution in [3.63, 3.8) is 0 Å². The van der Waals surface area contributed by atoms with E-state index in [-0.39, 0.29) is 53.7 Å². The molecule has 0 atom stereocenters. The number of ketones is 1. The summed E-state index contributed by atoms with van der Waals surface area (Å²) >= 11 is 0. The molecule has 0 heterocycles. The molecule has 0 aliphatic carbocycles. The zero-order valence-electron chi connectivity index (χ0n) is 4.37. The predicted octanol–water partition coefficient (Wildman–Crippen LogP) is -5.78.